The van der Waals surface area contributed by atoms with Gasteiger partial charge in [0.05, 0.1) is 43.1 Å². The summed E-state index contributed by atoms with van der Waals surface area (Å²) in [4.78, 5) is 53.2. The number of piperidine rings is 1. The molecule has 1 fully saturated rings. The third-order valence-corrected chi connectivity index (χ3v) is 7.35. The third kappa shape index (κ3) is 12.9. The van der Waals surface area contributed by atoms with Gasteiger partial charge in [-0.15, -0.1) is 0 Å². The molecule has 2 rings (SSSR count). The van der Waals surface area contributed by atoms with Crippen molar-refractivity contribution in [2.24, 2.45) is 5.92 Å². The molecule has 0 spiro atoms. The average Bonchev–Trinajstić information content (AvgIpc) is 2.93. The molecule has 45 heavy (non-hydrogen) atoms. The summed E-state index contributed by atoms with van der Waals surface area (Å²) < 4.78 is 55.9. The van der Waals surface area contributed by atoms with Crippen molar-refractivity contribution >= 4 is 35.5 Å². The molecule has 1 aromatic rings. The van der Waals surface area contributed by atoms with Crippen LogP contribution in [0.2, 0.25) is 5.02 Å². The van der Waals surface area contributed by atoms with Crippen molar-refractivity contribution < 1.29 is 46.6 Å². The van der Waals surface area contributed by atoms with Crippen molar-refractivity contribution in [2.45, 2.75) is 89.3 Å². The largest absolute Gasteiger partial charge is 0.469 e. The zero-order valence-corrected chi connectivity index (χ0v) is 27.1. The summed E-state index contributed by atoms with van der Waals surface area (Å²) in [6.45, 7) is 10.3. The van der Waals surface area contributed by atoms with E-state index >= 15 is 0 Å². The zero-order chi connectivity index (χ0) is 34.0. The number of nitrogens with zero attached hydrogens (tertiary/aromatic N) is 1. The molecular weight excluding hydrogens is 619 g/mol. The highest BCUT2D eigenvalue weighted by molar-refractivity contribution is 6.30. The van der Waals surface area contributed by atoms with Gasteiger partial charge in [-0.25, -0.2) is 4.79 Å². The van der Waals surface area contributed by atoms with Crippen molar-refractivity contribution in [1.29, 1.82) is 0 Å². The number of amides is 3. The Balaban J connectivity index is 2.47. The molecular formula is C31H43ClF3N3O7. The Bertz CT molecular complexity index is 1190. The van der Waals surface area contributed by atoms with Crippen molar-refractivity contribution in [3.8, 4) is 0 Å². The predicted molar refractivity (Wildman–Crippen MR) is 161 cm³/mol. The number of rotatable bonds is 13. The van der Waals surface area contributed by atoms with Gasteiger partial charge in [0.2, 0.25) is 11.8 Å². The van der Waals surface area contributed by atoms with E-state index in [4.69, 9.17) is 21.1 Å². The van der Waals surface area contributed by atoms with Gasteiger partial charge in [0.15, 0.2) is 0 Å². The maximum atomic E-state index is 14.0. The number of alkyl carbamates (subject to hydrolysis) is 1. The van der Waals surface area contributed by atoms with Crippen LogP contribution < -0.4 is 10.6 Å². The van der Waals surface area contributed by atoms with E-state index in [0.717, 1.165) is 12.7 Å². The van der Waals surface area contributed by atoms with Gasteiger partial charge in [-0.1, -0.05) is 36.4 Å². The molecule has 1 aliphatic heterocycles. The third-order valence-electron chi connectivity index (χ3n) is 7.10. The van der Waals surface area contributed by atoms with Crippen LogP contribution in [-0.4, -0.2) is 85.0 Å². The molecule has 252 valence electrons. The number of carbonyl (C=O) groups is 4. The number of alkyl halides is 3. The number of carbonyl (C=O) groups excluding carboxylic acids is 4. The summed E-state index contributed by atoms with van der Waals surface area (Å²) >= 11 is 6.07. The fourth-order valence-electron chi connectivity index (χ4n) is 5.34. The lowest BCUT2D eigenvalue weighted by Gasteiger charge is -2.45. The second-order valence-corrected chi connectivity index (χ2v) is 12.6. The van der Waals surface area contributed by atoms with E-state index in [0.29, 0.717) is 17.9 Å². The first kappa shape index (κ1) is 37.9. The summed E-state index contributed by atoms with van der Waals surface area (Å²) in [6.07, 6.45) is -6.44. The number of benzene rings is 1. The molecule has 14 heteroatoms. The average molecular weight is 662 g/mol. The lowest BCUT2D eigenvalue weighted by molar-refractivity contribution is -0.165. The second-order valence-electron chi connectivity index (χ2n) is 12.2. The number of hydrogen-bond acceptors (Lipinski definition) is 7. The van der Waals surface area contributed by atoms with E-state index < -0.39 is 72.1 Å². The number of hydrogen-bond donors (Lipinski definition) is 2. The Labute approximate surface area is 267 Å². The van der Waals surface area contributed by atoms with Crippen LogP contribution in [0.15, 0.2) is 36.9 Å². The molecule has 2 unspecified atom stereocenters. The summed E-state index contributed by atoms with van der Waals surface area (Å²) in [5.74, 6) is -4.17. The standard InChI is InChI=1S/C31H43ClF3N3O7/c1-7-15-44-28(42)36-25(20(2)45-29(3,4)5)26(40)37-30(17-21-9-11-23(32)12-10-21)13-8-14-38(19-30)27(41)22(16-24(39)43-6)18-31(33,34)35/h7,9-12,20,22,25H,1,8,13-19H2,2-6H3,(H,36,42)(H,37,40)/t20-,22?,25-,30?/m0/s1. The molecule has 1 heterocycles. The zero-order valence-electron chi connectivity index (χ0n) is 26.3. The highest BCUT2D eigenvalue weighted by Crippen LogP contribution is 2.32. The van der Waals surface area contributed by atoms with Crippen molar-refractivity contribution in [2.75, 3.05) is 26.8 Å². The van der Waals surface area contributed by atoms with Crippen LogP contribution in [0.1, 0.15) is 58.9 Å². The fraction of sp³-hybridized carbons (Fsp3) is 0.613. The van der Waals surface area contributed by atoms with E-state index in [9.17, 15) is 32.3 Å². The molecule has 10 nitrogen and oxygen atoms in total. The molecule has 1 aromatic carbocycles. The monoisotopic (exact) mass is 661 g/mol. The first-order chi connectivity index (χ1) is 20.9. The molecule has 0 bridgehead atoms. The number of ether oxygens (including phenoxy) is 3. The quantitative estimate of drug-likeness (QED) is 0.226. The minimum Gasteiger partial charge on any atom is -0.469 e. The van der Waals surface area contributed by atoms with Crippen molar-refractivity contribution in [3.05, 3.63) is 47.5 Å². The van der Waals surface area contributed by atoms with Crippen LogP contribution in [0, 0.1) is 5.92 Å². The van der Waals surface area contributed by atoms with E-state index in [1.54, 1.807) is 52.0 Å². The minimum atomic E-state index is -4.71. The smallest absolute Gasteiger partial charge is 0.408 e. The normalized spacial score (nSPS) is 19.1. The fourth-order valence-corrected chi connectivity index (χ4v) is 5.46. The minimum absolute atomic E-state index is 0.100. The van der Waals surface area contributed by atoms with E-state index in [1.807, 2.05) is 0 Å². The number of esters is 1. The van der Waals surface area contributed by atoms with E-state index in [1.165, 1.54) is 11.0 Å². The van der Waals surface area contributed by atoms with Crippen LogP contribution in [0.5, 0.6) is 0 Å². The predicted octanol–water partition coefficient (Wildman–Crippen LogP) is 4.98. The maximum Gasteiger partial charge on any atom is 0.408 e. The topological polar surface area (TPSA) is 123 Å². The Morgan fingerprint density at radius 2 is 1.80 bits per heavy atom. The Morgan fingerprint density at radius 1 is 1.16 bits per heavy atom. The highest BCUT2D eigenvalue weighted by Gasteiger charge is 2.44. The number of nitrogens with one attached hydrogen (secondary N) is 2. The van der Waals surface area contributed by atoms with Gasteiger partial charge in [0, 0.05) is 18.1 Å². The molecule has 4 atom stereocenters. The van der Waals surface area contributed by atoms with Crippen molar-refractivity contribution in [1.82, 2.24) is 15.5 Å². The maximum absolute atomic E-state index is 14.0. The van der Waals surface area contributed by atoms with Gasteiger partial charge < -0.3 is 29.7 Å². The van der Waals surface area contributed by atoms with Crippen LogP contribution in [-0.2, 0) is 35.0 Å². The Hall–Kier alpha value is -3.32. The van der Waals surface area contributed by atoms with Crippen LogP contribution in [0.25, 0.3) is 0 Å². The molecule has 1 aliphatic rings. The second kappa shape index (κ2) is 16.3. The lowest BCUT2D eigenvalue weighted by atomic mass is 9.82. The molecule has 0 radical (unpaired) electrons. The van der Waals surface area contributed by atoms with Crippen LogP contribution in [0.3, 0.4) is 0 Å². The summed E-state index contributed by atoms with van der Waals surface area (Å²) in [5.41, 5.74) is -1.11. The van der Waals surface area contributed by atoms with Gasteiger partial charge >= 0.3 is 18.2 Å². The van der Waals surface area contributed by atoms with Gasteiger partial charge in [-0.2, -0.15) is 13.2 Å². The van der Waals surface area contributed by atoms with Gasteiger partial charge in [-0.3, -0.25) is 14.4 Å². The van der Waals surface area contributed by atoms with Crippen molar-refractivity contribution in [3.63, 3.8) is 0 Å². The molecule has 3 amide bonds. The summed E-state index contributed by atoms with van der Waals surface area (Å²) in [6, 6.07) is 5.57. The van der Waals surface area contributed by atoms with E-state index in [2.05, 4.69) is 21.9 Å². The lowest BCUT2D eigenvalue weighted by Crippen LogP contribution is -2.65. The molecule has 0 saturated carbocycles. The first-order valence-electron chi connectivity index (χ1n) is 14.6. The number of methoxy groups -OCH3 is 1. The SMILES string of the molecule is C=CCOC(=O)N[C@H](C(=O)NC1(Cc2ccc(Cl)cc2)CCCN(C(=O)C(CC(=O)OC)CC(F)(F)F)C1)[C@H](C)OC(C)(C)C. The Kier molecular flexibility index (Phi) is 13.7. The van der Waals surface area contributed by atoms with Crippen LogP contribution >= 0.6 is 11.6 Å². The van der Waals surface area contributed by atoms with Gasteiger partial charge in [0.1, 0.15) is 12.6 Å². The van der Waals surface area contributed by atoms with Crippen LogP contribution in [0.4, 0.5) is 18.0 Å². The molecule has 0 aromatic heterocycles. The van der Waals surface area contributed by atoms with E-state index in [-0.39, 0.29) is 26.1 Å². The van der Waals surface area contributed by atoms with Gasteiger partial charge in [0.25, 0.3) is 0 Å². The summed E-state index contributed by atoms with van der Waals surface area (Å²) in [7, 11) is 1.03. The molecule has 1 saturated heterocycles. The number of likely N-dealkylation sites (tertiary alicyclic amines) is 1. The highest BCUT2D eigenvalue weighted by atomic mass is 35.5. The molecule has 0 aliphatic carbocycles. The Morgan fingerprint density at radius 3 is 2.36 bits per heavy atom. The number of halogens is 4. The summed E-state index contributed by atoms with van der Waals surface area (Å²) in [5, 5.41) is 6.01. The molecule has 2 N–H and O–H groups in total. The first-order valence-corrected chi connectivity index (χ1v) is 15.0. The van der Waals surface area contributed by atoms with Gasteiger partial charge in [-0.05, 0) is 64.7 Å².